The number of aromatic nitrogens is 2. The number of phenolic OH excluding ortho intramolecular Hbond substituents is 1. The standard InChI is InChI=1S/C24H18N2O3/c27-21-11-4-6-17(14-21)12-13-23(28)19-9-5-10-20(15-19)26-16-22(25-24(26)29)18-7-2-1-3-8-18/h1-16,27H,(H,25,29). The number of aromatic amines is 1. The third-order valence-electron chi connectivity index (χ3n) is 4.51. The molecule has 2 N–H and O–H groups in total. The second kappa shape index (κ2) is 7.86. The fraction of sp³-hybridized carbons (Fsp3) is 0. The Morgan fingerprint density at radius 3 is 2.52 bits per heavy atom. The number of allylic oxidation sites excluding steroid dienone is 1. The van der Waals surface area contributed by atoms with E-state index in [1.807, 2.05) is 30.3 Å². The highest BCUT2D eigenvalue weighted by atomic mass is 16.3. The van der Waals surface area contributed by atoms with Gasteiger partial charge in [-0.15, -0.1) is 0 Å². The summed E-state index contributed by atoms with van der Waals surface area (Å²) in [6.45, 7) is 0. The van der Waals surface area contributed by atoms with Gasteiger partial charge in [0.25, 0.3) is 0 Å². The van der Waals surface area contributed by atoms with E-state index in [2.05, 4.69) is 4.98 Å². The molecular weight excluding hydrogens is 364 g/mol. The van der Waals surface area contributed by atoms with Crippen LogP contribution in [0.3, 0.4) is 0 Å². The predicted molar refractivity (Wildman–Crippen MR) is 113 cm³/mol. The topological polar surface area (TPSA) is 75.1 Å². The monoisotopic (exact) mass is 382 g/mol. The van der Waals surface area contributed by atoms with E-state index >= 15 is 0 Å². The van der Waals surface area contributed by atoms with Crippen LogP contribution in [0.25, 0.3) is 23.0 Å². The summed E-state index contributed by atoms with van der Waals surface area (Å²) in [5.41, 5.74) is 3.13. The number of nitrogens with one attached hydrogen (secondary N) is 1. The first kappa shape index (κ1) is 18.3. The summed E-state index contributed by atoms with van der Waals surface area (Å²) in [5, 5.41) is 9.51. The van der Waals surface area contributed by atoms with Crippen LogP contribution in [0.4, 0.5) is 0 Å². The van der Waals surface area contributed by atoms with Crippen molar-refractivity contribution in [1.82, 2.24) is 9.55 Å². The van der Waals surface area contributed by atoms with Crippen molar-refractivity contribution in [2.24, 2.45) is 0 Å². The van der Waals surface area contributed by atoms with Crippen LogP contribution in [0.2, 0.25) is 0 Å². The summed E-state index contributed by atoms with van der Waals surface area (Å²) in [6.07, 6.45) is 4.82. The third kappa shape index (κ3) is 4.09. The fourth-order valence-electron chi connectivity index (χ4n) is 3.06. The van der Waals surface area contributed by atoms with Crippen LogP contribution in [0.15, 0.2) is 95.9 Å². The third-order valence-corrected chi connectivity index (χ3v) is 4.51. The Kier molecular flexibility index (Phi) is 4.95. The normalized spacial score (nSPS) is 11.0. The number of hydrogen-bond acceptors (Lipinski definition) is 3. The number of ketones is 1. The molecule has 0 saturated carbocycles. The smallest absolute Gasteiger partial charge is 0.330 e. The van der Waals surface area contributed by atoms with Crippen LogP contribution in [-0.4, -0.2) is 20.4 Å². The second-order valence-corrected chi connectivity index (χ2v) is 6.55. The maximum absolute atomic E-state index is 12.6. The van der Waals surface area contributed by atoms with Crippen LogP contribution >= 0.6 is 0 Å². The van der Waals surface area contributed by atoms with Crippen LogP contribution in [0.1, 0.15) is 15.9 Å². The highest BCUT2D eigenvalue weighted by Crippen LogP contribution is 2.18. The zero-order valence-electron chi connectivity index (χ0n) is 15.4. The molecule has 29 heavy (non-hydrogen) atoms. The summed E-state index contributed by atoms with van der Waals surface area (Å²) in [5.74, 6) is -0.0512. The molecule has 0 spiro atoms. The lowest BCUT2D eigenvalue weighted by Gasteiger charge is -2.03. The molecule has 1 aromatic heterocycles. The number of benzene rings is 3. The average Bonchev–Trinajstić information content (AvgIpc) is 3.14. The number of aromatic hydroxyl groups is 1. The molecule has 4 rings (SSSR count). The number of hydrogen-bond donors (Lipinski definition) is 2. The highest BCUT2D eigenvalue weighted by molar-refractivity contribution is 6.07. The Bertz CT molecular complexity index is 1250. The minimum absolute atomic E-state index is 0.141. The van der Waals surface area contributed by atoms with E-state index in [0.29, 0.717) is 16.9 Å². The zero-order chi connectivity index (χ0) is 20.2. The minimum atomic E-state index is -0.274. The van der Waals surface area contributed by atoms with Crippen molar-refractivity contribution < 1.29 is 9.90 Å². The molecule has 5 heteroatoms. The lowest BCUT2D eigenvalue weighted by Crippen LogP contribution is -2.14. The number of imidazole rings is 1. The molecule has 0 aliphatic carbocycles. The van der Waals surface area contributed by atoms with Crippen molar-refractivity contribution in [3.63, 3.8) is 0 Å². The molecule has 0 aliphatic heterocycles. The number of H-pyrrole nitrogens is 1. The molecule has 0 bridgehead atoms. The summed E-state index contributed by atoms with van der Waals surface area (Å²) >= 11 is 0. The van der Waals surface area contributed by atoms with Crippen molar-refractivity contribution in [2.45, 2.75) is 0 Å². The Morgan fingerprint density at radius 1 is 0.931 bits per heavy atom. The van der Waals surface area contributed by atoms with Crippen LogP contribution in [0, 0.1) is 0 Å². The number of nitrogens with zero attached hydrogens (tertiary/aromatic N) is 1. The number of phenols is 1. The van der Waals surface area contributed by atoms with E-state index in [0.717, 1.165) is 11.1 Å². The molecule has 0 saturated heterocycles. The maximum atomic E-state index is 12.6. The van der Waals surface area contributed by atoms with Gasteiger partial charge in [-0.25, -0.2) is 4.79 Å². The number of carbonyl (C=O) groups is 1. The van der Waals surface area contributed by atoms with Gasteiger partial charge in [-0.3, -0.25) is 9.36 Å². The summed E-state index contributed by atoms with van der Waals surface area (Å²) in [7, 11) is 0. The molecule has 0 atom stereocenters. The van der Waals surface area contributed by atoms with Crippen molar-refractivity contribution in [3.05, 3.63) is 113 Å². The molecule has 0 unspecified atom stereocenters. The Labute approximate surface area is 167 Å². The van der Waals surface area contributed by atoms with E-state index in [4.69, 9.17) is 0 Å². The molecule has 0 radical (unpaired) electrons. The first-order valence-corrected chi connectivity index (χ1v) is 9.09. The molecule has 0 fully saturated rings. The molecule has 0 aliphatic rings. The van der Waals surface area contributed by atoms with E-state index in [-0.39, 0.29) is 17.2 Å². The fourth-order valence-corrected chi connectivity index (χ4v) is 3.06. The van der Waals surface area contributed by atoms with Gasteiger partial charge < -0.3 is 10.1 Å². The summed E-state index contributed by atoms with van der Waals surface area (Å²) < 4.78 is 1.48. The molecular formula is C24H18N2O3. The van der Waals surface area contributed by atoms with Gasteiger partial charge in [0.05, 0.1) is 11.4 Å². The van der Waals surface area contributed by atoms with E-state index in [9.17, 15) is 14.7 Å². The van der Waals surface area contributed by atoms with Crippen molar-refractivity contribution in [2.75, 3.05) is 0 Å². The van der Waals surface area contributed by atoms with Crippen molar-refractivity contribution in [1.29, 1.82) is 0 Å². The van der Waals surface area contributed by atoms with Gasteiger partial charge >= 0.3 is 5.69 Å². The quantitative estimate of drug-likeness (QED) is 0.396. The van der Waals surface area contributed by atoms with Gasteiger partial charge in [0, 0.05) is 11.8 Å². The molecule has 4 aromatic rings. The van der Waals surface area contributed by atoms with Gasteiger partial charge in [0.1, 0.15) is 5.75 Å². The SMILES string of the molecule is O=C(C=Cc1cccc(O)c1)c1cccc(-n2cc(-c3ccccc3)[nH]c2=O)c1. The zero-order valence-corrected chi connectivity index (χ0v) is 15.4. The Hall–Kier alpha value is -4.12. The van der Waals surface area contributed by atoms with Gasteiger partial charge in [0.15, 0.2) is 5.78 Å². The molecule has 5 nitrogen and oxygen atoms in total. The van der Waals surface area contributed by atoms with Gasteiger partial charge in [-0.2, -0.15) is 0 Å². The number of carbonyl (C=O) groups excluding carboxylic acids is 1. The first-order chi connectivity index (χ1) is 14.1. The molecule has 142 valence electrons. The molecule has 0 amide bonds. The van der Waals surface area contributed by atoms with Crippen LogP contribution in [-0.2, 0) is 0 Å². The first-order valence-electron chi connectivity index (χ1n) is 9.09. The van der Waals surface area contributed by atoms with Crippen molar-refractivity contribution >= 4 is 11.9 Å². The second-order valence-electron chi connectivity index (χ2n) is 6.55. The van der Waals surface area contributed by atoms with Crippen molar-refractivity contribution in [3.8, 4) is 22.7 Å². The predicted octanol–water partition coefficient (Wildman–Crippen LogP) is 4.43. The van der Waals surface area contributed by atoms with E-state index in [1.165, 1.54) is 10.6 Å². The summed E-state index contributed by atoms with van der Waals surface area (Å²) in [6, 6.07) is 23.1. The average molecular weight is 382 g/mol. The lowest BCUT2D eigenvalue weighted by atomic mass is 10.1. The Morgan fingerprint density at radius 2 is 1.72 bits per heavy atom. The maximum Gasteiger partial charge on any atom is 0.330 e. The minimum Gasteiger partial charge on any atom is -0.508 e. The van der Waals surface area contributed by atoms with Gasteiger partial charge in [-0.05, 0) is 41.5 Å². The Balaban J connectivity index is 1.62. The van der Waals surface area contributed by atoms with Crippen LogP contribution < -0.4 is 5.69 Å². The van der Waals surface area contributed by atoms with E-state index in [1.54, 1.807) is 60.8 Å². The van der Waals surface area contributed by atoms with Gasteiger partial charge in [0.2, 0.25) is 0 Å². The number of rotatable bonds is 5. The molecule has 3 aromatic carbocycles. The highest BCUT2D eigenvalue weighted by Gasteiger charge is 2.09. The van der Waals surface area contributed by atoms with E-state index < -0.39 is 0 Å². The largest absolute Gasteiger partial charge is 0.508 e. The lowest BCUT2D eigenvalue weighted by molar-refractivity contribution is 0.104. The van der Waals surface area contributed by atoms with Gasteiger partial charge in [-0.1, -0.05) is 60.7 Å². The molecule has 1 heterocycles. The van der Waals surface area contributed by atoms with Crippen LogP contribution in [0.5, 0.6) is 5.75 Å². The summed E-state index contributed by atoms with van der Waals surface area (Å²) in [4.78, 5) is 27.8.